The van der Waals surface area contributed by atoms with Gasteiger partial charge in [-0.15, -0.1) is 0 Å². The van der Waals surface area contributed by atoms with Crippen LogP contribution in [0, 0.1) is 5.92 Å². The highest BCUT2D eigenvalue weighted by Crippen LogP contribution is 2.20. The van der Waals surface area contributed by atoms with Gasteiger partial charge < -0.3 is 20.1 Å². The van der Waals surface area contributed by atoms with E-state index < -0.39 is 36.8 Å². The maximum atomic E-state index is 10.9. The van der Waals surface area contributed by atoms with E-state index in [4.69, 9.17) is 5.11 Å². The molecular formula is C7H12O5. The van der Waals surface area contributed by atoms with Crippen molar-refractivity contribution in [3.05, 3.63) is 0 Å². The van der Waals surface area contributed by atoms with Crippen molar-refractivity contribution in [2.24, 2.45) is 5.92 Å². The molecule has 0 bridgehead atoms. The Morgan fingerprint density at radius 2 is 2.00 bits per heavy atom. The van der Waals surface area contributed by atoms with Crippen molar-refractivity contribution in [3.63, 3.8) is 0 Å². The van der Waals surface area contributed by atoms with Crippen LogP contribution in [-0.2, 0) is 9.53 Å². The number of hydrogen-bond donors (Lipinski definition) is 3. The zero-order valence-electron chi connectivity index (χ0n) is 6.67. The average molecular weight is 176 g/mol. The zero-order valence-corrected chi connectivity index (χ0v) is 6.67. The number of carbonyl (C=O) groups excluding carboxylic acids is 1. The summed E-state index contributed by atoms with van der Waals surface area (Å²) in [6.45, 7) is 0.987. The Hall–Kier alpha value is -0.650. The van der Waals surface area contributed by atoms with Crippen LogP contribution in [-0.4, -0.2) is 46.2 Å². The summed E-state index contributed by atoms with van der Waals surface area (Å²) in [6, 6.07) is 0. The van der Waals surface area contributed by atoms with Gasteiger partial charge >= 0.3 is 5.97 Å². The molecule has 0 saturated carbocycles. The van der Waals surface area contributed by atoms with Crippen molar-refractivity contribution in [3.8, 4) is 0 Å². The average Bonchev–Trinajstić information content (AvgIpc) is 2.08. The van der Waals surface area contributed by atoms with Crippen LogP contribution in [0.5, 0.6) is 0 Å². The van der Waals surface area contributed by atoms with E-state index >= 15 is 0 Å². The minimum atomic E-state index is -1.19. The standard InChI is InChI=1S/C7H12O5/c1-3-5(9)6(10)4(2-8)12-7(3)11/h3-6,8-10H,2H2,1H3/t3-,4-,5-,6-/m1/s1. The molecule has 0 aliphatic carbocycles. The van der Waals surface area contributed by atoms with Gasteiger partial charge in [-0.25, -0.2) is 0 Å². The lowest BCUT2D eigenvalue weighted by atomic mass is 9.93. The van der Waals surface area contributed by atoms with Crippen LogP contribution in [0.3, 0.4) is 0 Å². The fourth-order valence-electron chi connectivity index (χ4n) is 1.13. The highest BCUT2D eigenvalue weighted by molar-refractivity contribution is 5.74. The number of hydrogen-bond acceptors (Lipinski definition) is 5. The van der Waals surface area contributed by atoms with Gasteiger partial charge in [0.05, 0.1) is 18.6 Å². The second-order valence-electron chi connectivity index (χ2n) is 2.93. The van der Waals surface area contributed by atoms with E-state index in [1.165, 1.54) is 6.92 Å². The molecule has 0 aromatic heterocycles. The SMILES string of the molecule is C[C@H]1C(=O)O[C@H](CO)[C@@H](O)[C@@H]1O. The van der Waals surface area contributed by atoms with Crippen LogP contribution in [0.2, 0.25) is 0 Å². The van der Waals surface area contributed by atoms with Crippen LogP contribution < -0.4 is 0 Å². The third-order valence-corrected chi connectivity index (χ3v) is 2.06. The van der Waals surface area contributed by atoms with Gasteiger partial charge in [0, 0.05) is 0 Å². The zero-order chi connectivity index (χ0) is 9.30. The van der Waals surface area contributed by atoms with Crippen LogP contribution >= 0.6 is 0 Å². The summed E-state index contributed by atoms with van der Waals surface area (Å²) in [5, 5.41) is 27.1. The number of rotatable bonds is 1. The molecule has 1 heterocycles. The molecule has 1 saturated heterocycles. The first-order valence-electron chi connectivity index (χ1n) is 3.75. The van der Waals surface area contributed by atoms with Gasteiger partial charge in [-0.2, -0.15) is 0 Å². The fraction of sp³-hybridized carbons (Fsp3) is 0.857. The van der Waals surface area contributed by atoms with Crippen molar-refractivity contribution in [1.82, 2.24) is 0 Å². The molecular weight excluding hydrogens is 164 g/mol. The van der Waals surface area contributed by atoms with Crippen LogP contribution in [0.4, 0.5) is 0 Å². The number of aliphatic hydroxyl groups is 3. The van der Waals surface area contributed by atoms with Gasteiger partial charge in [0.25, 0.3) is 0 Å². The first-order valence-corrected chi connectivity index (χ1v) is 3.75. The van der Waals surface area contributed by atoms with Crippen molar-refractivity contribution in [2.45, 2.75) is 25.2 Å². The molecule has 5 nitrogen and oxygen atoms in total. The van der Waals surface area contributed by atoms with Gasteiger partial charge in [0.15, 0.2) is 6.10 Å². The molecule has 0 spiro atoms. The lowest BCUT2D eigenvalue weighted by Gasteiger charge is -2.33. The molecule has 3 N–H and O–H groups in total. The summed E-state index contributed by atoms with van der Waals surface area (Å²) in [6.07, 6.45) is -3.34. The Morgan fingerprint density at radius 1 is 1.42 bits per heavy atom. The Morgan fingerprint density at radius 3 is 2.50 bits per heavy atom. The van der Waals surface area contributed by atoms with E-state index in [-0.39, 0.29) is 0 Å². The summed E-state index contributed by atoms with van der Waals surface area (Å²) in [4.78, 5) is 10.9. The van der Waals surface area contributed by atoms with Crippen LogP contribution in [0.25, 0.3) is 0 Å². The quantitative estimate of drug-likeness (QED) is 0.413. The van der Waals surface area contributed by atoms with Crippen molar-refractivity contribution in [1.29, 1.82) is 0 Å². The summed E-state index contributed by atoms with van der Waals surface area (Å²) < 4.78 is 4.63. The van der Waals surface area contributed by atoms with Crippen LogP contribution in [0.1, 0.15) is 6.92 Å². The lowest BCUT2D eigenvalue weighted by Crippen LogP contribution is -2.52. The third kappa shape index (κ3) is 1.43. The number of esters is 1. The maximum Gasteiger partial charge on any atom is 0.311 e. The molecule has 12 heavy (non-hydrogen) atoms. The second kappa shape index (κ2) is 3.38. The molecule has 1 aliphatic rings. The summed E-state index contributed by atoms with van der Waals surface area (Å²) in [5.41, 5.74) is 0. The van der Waals surface area contributed by atoms with Gasteiger partial charge in [-0.1, -0.05) is 0 Å². The van der Waals surface area contributed by atoms with Crippen molar-refractivity contribution < 1.29 is 24.9 Å². The monoisotopic (exact) mass is 176 g/mol. The molecule has 0 aromatic rings. The molecule has 1 aliphatic heterocycles. The second-order valence-corrected chi connectivity index (χ2v) is 2.93. The number of carbonyl (C=O) groups is 1. The van der Waals surface area contributed by atoms with Gasteiger partial charge in [-0.05, 0) is 6.92 Å². The van der Waals surface area contributed by atoms with Gasteiger partial charge in [0.2, 0.25) is 0 Å². The predicted molar refractivity (Wildman–Crippen MR) is 38.1 cm³/mol. The molecule has 0 amide bonds. The van der Waals surface area contributed by atoms with E-state index in [0.717, 1.165) is 0 Å². The van der Waals surface area contributed by atoms with E-state index in [1.54, 1.807) is 0 Å². The Labute approximate surface area is 69.6 Å². The molecule has 4 atom stereocenters. The smallest absolute Gasteiger partial charge is 0.311 e. The van der Waals surface area contributed by atoms with E-state index in [1.807, 2.05) is 0 Å². The minimum Gasteiger partial charge on any atom is -0.457 e. The van der Waals surface area contributed by atoms with Gasteiger partial charge in [0.1, 0.15) is 6.10 Å². The number of ether oxygens (including phenoxy) is 1. The normalized spacial score (nSPS) is 42.5. The highest BCUT2D eigenvalue weighted by atomic mass is 16.6. The molecule has 0 aromatic carbocycles. The van der Waals surface area contributed by atoms with E-state index in [0.29, 0.717) is 0 Å². The first-order chi connectivity index (χ1) is 5.57. The molecule has 1 fully saturated rings. The number of cyclic esters (lactones) is 1. The van der Waals surface area contributed by atoms with Crippen molar-refractivity contribution >= 4 is 5.97 Å². The minimum absolute atomic E-state index is 0.476. The Kier molecular flexibility index (Phi) is 2.66. The Bertz CT molecular complexity index is 179. The highest BCUT2D eigenvalue weighted by Gasteiger charge is 2.41. The van der Waals surface area contributed by atoms with Crippen molar-refractivity contribution in [2.75, 3.05) is 6.61 Å². The molecule has 0 unspecified atom stereocenters. The molecule has 0 radical (unpaired) electrons. The molecule has 5 heteroatoms. The maximum absolute atomic E-state index is 10.9. The summed E-state index contributed by atoms with van der Waals surface area (Å²) in [5.74, 6) is -1.32. The largest absolute Gasteiger partial charge is 0.457 e. The first kappa shape index (κ1) is 9.44. The van der Waals surface area contributed by atoms with Gasteiger partial charge in [-0.3, -0.25) is 4.79 Å². The fourth-order valence-corrected chi connectivity index (χ4v) is 1.13. The third-order valence-electron chi connectivity index (χ3n) is 2.06. The topological polar surface area (TPSA) is 87.0 Å². The Balaban J connectivity index is 2.70. The summed E-state index contributed by atoms with van der Waals surface area (Å²) >= 11 is 0. The number of aliphatic hydroxyl groups excluding tert-OH is 3. The molecule has 1 rings (SSSR count). The van der Waals surface area contributed by atoms with Crippen LogP contribution in [0.15, 0.2) is 0 Å². The molecule has 70 valence electrons. The van der Waals surface area contributed by atoms with E-state index in [9.17, 15) is 15.0 Å². The lowest BCUT2D eigenvalue weighted by molar-refractivity contribution is -0.194. The van der Waals surface area contributed by atoms with E-state index in [2.05, 4.69) is 4.74 Å². The predicted octanol–water partition coefficient (Wildman–Crippen LogP) is -1.74. The summed E-state index contributed by atoms with van der Waals surface area (Å²) in [7, 11) is 0.